The molecule has 2 rings (SSSR count). The van der Waals surface area contributed by atoms with Crippen molar-refractivity contribution in [3.8, 4) is 0 Å². The summed E-state index contributed by atoms with van der Waals surface area (Å²) in [7, 11) is 0. The van der Waals surface area contributed by atoms with Gasteiger partial charge in [-0.2, -0.15) is 0 Å². The van der Waals surface area contributed by atoms with E-state index in [2.05, 4.69) is 28.8 Å². The highest BCUT2D eigenvalue weighted by atomic mass is 16.5. The van der Waals surface area contributed by atoms with Crippen LogP contribution in [-0.4, -0.2) is 60.9 Å². The summed E-state index contributed by atoms with van der Waals surface area (Å²) in [5, 5.41) is 3.96. The lowest BCUT2D eigenvalue weighted by molar-refractivity contribution is 0.0625. The summed E-state index contributed by atoms with van der Waals surface area (Å²) in [6, 6.07) is 1.94. The first kappa shape index (κ1) is 14.5. The number of ether oxygens (including phenoxy) is 1. The Balaban J connectivity index is 1.57. The van der Waals surface area contributed by atoms with Crippen molar-refractivity contribution in [3.63, 3.8) is 0 Å². The fourth-order valence-electron chi connectivity index (χ4n) is 2.23. The molecule has 0 spiro atoms. The molecule has 5 heteroatoms. The third kappa shape index (κ3) is 5.30. The molecule has 0 aromatic carbocycles. The third-order valence-corrected chi connectivity index (χ3v) is 3.34. The molecule has 19 heavy (non-hydrogen) atoms. The minimum Gasteiger partial charge on any atom is -0.380 e. The maximum atomic E-state index is 5.63. The number of hydrogen-bond acceptors (Lipinski definition) is 5. The lowest BCUT2D eigenvalue weighted by Crippen LogP contribution is -2.46. The average molecular weight is 267 g/mol. The number of rotatable bonds is 7. The molecular formula is C14H25N3O2. The van der Waals surface area contributed by atoms with Crippen molar-refractivity contribution in [2.24, 2.45) is 5.92 Å². The molecule has 1 aromatic rings. The largest absolute Gasteiger partial charge is 0.380 e. The van der Waals surface area contributed by atoms with Crippen LogP contribution in [0.5, 0.6) is 0 Å². The van der Waals surface area contributed by atoms with Gasteiger partial charge in [0.2, 0.25) is 0 Å². The van der Waals surface area contributed by atoms with Gasteiger partial charge in [0.25, 0.3) is 0 Å². The zero-order valence-electron chi connectivity index (χ0n) is 12.0. The molecule has 1 saturated heterocycles. The van der Waals surface area contributed by atoms with E-state index in [4.69, 9.17) is 9.26 Å². The number of aromatic nitrogens is 1. The van der Waals surface area contributed by atoms with Gasteiger partial charge in [-0.25, -0.2) is 0 Å². The van der Waals surface area contributed by atoms with Crippen molar-refractivity contribution in [1.29, 1.82) is 0 Å². The molecule has 108 valence electrons. The predicted octanol–water partition coefficient (Wildman–Crippen LogP) is 1.46. The Morgan fingerprint density at radius 3 is 2.63 bits per heavy atom. The highest BCUT2D eigenvalue weighted by Gasteiger charge is 2.17. The predicted molar refractivity (Wildman–Crippen MR) is 73.9 cm³/mol. The van der Waals surface area contributed by atoms with Crippen LogP contribution in [0.25, 0.3) is 0 Å². The Morgan fingerprint density at radius 2 is 2.00 bits per heavy atom. The van der Waals surface area contributed by atoms with Crippen LogP contribution >= 0.6 is 0 Å². The Kier molecular flexibility index (Phi) is 5.82. The summed E-state index contributed by atoms with van der Waals surface area (Å²) in [4.78, 5) is 4.89. The maximum absolute atomic E-state index is 5.63. The normalized spacial score (nSPS) is 18.3. The number of hydrogen-bond donors (Lipinski definition) is 0. The van der Waals surface area contributed by atoms with E-state index in [9.17, 15) is 0 Å². The molecule has 0 N–H and O–H groups in total. The van der Waals surface area contributed by atoms with E-state index in [1.807, 2.05) is 6.07 Å². The Labute approximate surface area is 115 Å². The summed E-state index contributed by atoms with van der Waals surface area (Å²) < 4.78 is 10.5. The van der Waals surface area contributed by atoms with Crippen LogP contribution in [0.4, 0.5) is 0 Å². The highest BCUT2D eigenvalue weighted by molar-refractivity contribution is 4.95. The van der Waals surface area contributed by atoms with E-state index in [1.165, 1.54) is 0 Å². The first-order valence-corrected chi connectivity index (χ1v) is 7.16. The van der Waals surface area contributed by atoms with Gasteiger partial charge in [0.05, 0.1) is 12.3 Å². The first-order chi connectivity index (χ1) is 9.24. The molecule has 0 bridgehead atoms. The molecule has 0 unspecified atom stereocenters. The fourth-order valence-corrected chi connectivity index (χ4v) is 2.23. The lowest BCUT2D eigenvalue weighted by atomic mass is 10.2. The minimum atomic E-state index is 0.624. The summed E-state index contributed by atoms with van der Waals surface area (Å²) in [6.45, 7) is 12.4. The monoisotopic (exact) mass is 267 g/mol. The highest BCUT2D eigenvalue weighted by Crippen LogP contribution is 2.06. The molecule has 0 amide bonds. The second-order valence-corrected chi connectivity index (χ2v) is 5.58. The molecule has 1 aliphatic rings. The standard InChI is InChI=1S/C14H25N3O2/c1-13(2)12-18-10-8-16-4-6-17(7-5-16)11-14-3-9-19-15-14/h3,9,13H,4-8,10-12H2,1-2H3. The van der Waals surface area contributed by atoms with Gasteiger partial charge >= 0.3 is 0 Å². The SMILES string of the molecule is CC(C)COCCN1CCN(Cc2ccon2)CC1. The van der Waals surface area contributed by atoms with Gasteiger partial charge in [-0.15, -0.1) is 0 Å². The van der Waals surface area contributed by atoms with Crippen molar-refractivity contribution in [1.82, 2.24) is 15.0 Å². The molecule has 1 fully saturated rings. The van der Waals surface area contributed by atoms with Crippen LogP contribution in [-0.2, 0) is 11.3 Å². The van der Waals surface area contributed by atoms with Gasteiger partial charge in [-0.05, 0) is 5.92 Å². The fraction of sp³-hybridized carbons (Fsp3) is 0.786. The van der Waals surface area contributed by atoms with Crippen LogP contribution in [0.2, 0.25) is 0 Å². The van der Waals surface area contributed by atoms with E-state index >= 15 is 0 Å². The van der Waals surface area contributed by atoms with Gasteiger partial charge < -0.3 is 9.26 Å². The zero-order chi connectivity index (χ0) is 13.5. The van der Waals surface area contributed by atoms with Crippen LogP contribution in [0.3, 0.4) is 0 Å². The van der Waals surface area contributed by atoms with Crippen molar-refractivity contribution in [3.05, 3.63) is 18.0 Å². The minimum absolute atomic E-state index is 0.624. The summed E-state index contributed by atoms with van der Waals surface area (Å²) in [6.07, 6.45) is 1.64. The molecule has 0 aliphatic carbocycles. The summed E-state index contributed by atoms with van der Waals surface area (Å²) >= 11 is 0. The molecule has 2 heterocycles. The van der Waals surface area contributed by atoms with Gasteiger partial charge in [0, 0.05) is 51.9 Å². The third-order valence-electron chi connectivity index (χ3n) is 3.34. The number of nitrogens with zero attached hydrogens (tertiary/aromatic N) is 3. The van der Waals surface area contributed by atoms with Crippen molar-refractivity contribution in [2.75, 3.05) is 45.9 Å². The smallest absolute Gasteiger partial charge is 0.124 e. The average Bonchev–Trinajstić information content (AvgIpc) is 2.89. The quantitative estimate of drug-likeness (QED) is 0.700. The van der Waals surface area contributed by atoms with E-state index in [1.54, 1.807) is 6.26 Å². The molecule has 5 nitrogen and oxygen atoms in total. The molecule has 1 aromatic heterocycles. The maximum Gasteiger partial charge on any atom is 0.124 e. The Morgan fingerprint density at radius 1 is 1.26 bits per heavy atom. The van der Waals surface area contributed by atoms with Crippen LogP contribution in [0, 0.1) is 5.92 Å². The van der Waals surface area contributed by atoms with Gasteiger partial charge in [-0.3, -0.25) is 9.80 Å². The van der Waals surface area contributed by atoms with Crippen LogP contribution in [0.1, 0.15) is 19.5 Å². The van der Waals surface area contributed by atoms with E-state index in [-0.39, 0.29) is 0 Å². The molecular weight excluding hydrogens is 242 g/mol. The molecule has 0 atom stereocenters. The first-order valence-electron chi connectivity index (χ1n) is 7.16. The van der Waals surface area contributed by atoms with Crippen molar-refractivity contribution < 1.29 is 9.26 Å². The molecule has 0 radical (unpaired) electrons. The van der Waals surface area contributed by atoms with Crippen molar-refractivity contribution in [2.45, 2.75) is 20.4 Å². The van der Waals surface area contributed by atoms with Gasteiger partial charge in [-0.1, -0.05) is 19.0 Å². The van der Waals surface area contributed by atoms with Crippen LogP contribution < -0.4 is 0 Å². The van der Waals surface area contributed by atoms with E-state index in [0.29, 0.717) is 5.92 Å². The lowest BCUT2D eigenvalue weighted by Gasteiger charge is -2.34. The van der Waals surface area contributed by atoms with Gasteiger partial charge in [0.1, 0.15) is 6.26 Å². The Hall–Kier alpha value is -0.910. The second-order valence-electron chi connectivity index (χ2n) is 5.58. The topological polar surface area (TPSA) is 41.7 Å². The van der Waals surface area contributed by atoms with E-state index < -0.39 is 0 Å². The number of piperazine rings is 1. The van der Waals surface area contributed by atoms with Gasteiger partial charge in [0.15, 0.2) is 0 Å². The van der Waals surface area contributed by atoms with E-state index in [0.717, 1.165) is 58.2 Å². The summed E-state index contributed by atoms with van der Waals surface area (Å²) in [5.41, 5.74) is 1.02. The second kappa shape index (κ2) is 7.62. The molecule has 0 saturated carbocycles. The van der Waals surface area contributed by atoms with Crippen molar-refractivity contribution >= 4 is 0 Å². The molecule has 1 aliphatic heterocycles. The van der Waals surface area contributed by atoms with Crippen LogP contribution in [0.15, 0.2) is 16.9 Å². The zero-order valence-corrected chi connectivity index (χ0v) is 12.0. The Bertz CT molecular complexity index is 332. The summed E-state index contributed by atoms with van der Waals surface area (Å²) in [5.74, 6) is 0.624.